The van der Waals surface area contributed by atoms with Crippen LogP contribution < -0.4 is 0 Å². The van der Waals surface area contributed by atoms with Crippen molar-refractivity contribution in [2.24, 2.45) is 0 Å². The second-order valence-electron chi connectivity index (χ2n) is 8.91. The van der Waals surface area contributed by atoms with Crippen LogP contribution in [-0.4, -0.2) is 63.0 Å². The first-order chi connectivity index (χ1) is 16.1. The summed E-state index contributed by atoms with van der Waals surface area (Å²) in [6.45, 7) is 22.3. The molecule has 0 aliphatic rings. The molecule has 0 radical (unpaired) electrons. The van der Waals surface area contributed by atoms with E-state index in [0.717, 1.165) is 25.7 Å². The van der Waals surface area contributed by atoms with Crippen molar-refractivity contribution in [2.45, 2.75) is 118 Å². The second kappa shape index (κ2) is 16.6. The summed E-state index contributed by atoms with van der Waals surface area (Å²) in [7, 11) is -6.88. The van der Waals surface area contributed by atoms with Crippen molar-refractivity contribution in [2.75, 3.05) is 39.6 Å². The fourth-order valence-corrected chi connectivity index (χ4v) is 11.7. The SMILES string of the molecule is CCCCC(C)(C(=O)C(C)(CCCC)[Si](OCC)(OCC)OCC)[Si](OCC)(OCC)OCC. The van der Waals surface area contributed by atoms with Crippen LogP contribution >= 0.6 is 0 Å². The van der Waals surface area contributed by atoms with Crippen LogP contribution in [0.15, 0.2) is 0 Å². The van der Waals surface area contributed by atoms with Crippen LogP contribution in [0.5, 0.6) is 0 Å². The van der Waals surface area contributed by atoms with Gasteiger partial charge in [0.25, 0.3) is 0 Å². The zero-order valence-corrected chi connectivity index (χ0v) is 25.8. The number of hydrogen-bond donors (Lipinski definition) is 0. The number of carbonyl (C=O) groups excluding carboxylic acids is 1. The lowest BCUT2D eigenvalue weighted by molar-refractivity contribution is -0.130. The number of unbranched alkanes of at least 4 members (excludes halogenated alkanes) is 2. The highest BCUT2D eigenvalue weighted by molar-refractivity contribution is 6.74. The molecule has 0 aliphatic heterocycles. The van der Waals surface area contributed by atoms with Gasteiger partial charge in [-0.15, -0.1) is 0 Å². The molecule has 0 aromatic heterocycles. The topological polar surface area (TPSA) is 72.5 Å². The molecule has 34 heavy (non-hydrogen) atoms. The number of Topliss-reactive ketones (excluding diaryl/α,β-unsaturated/α-hetero) is 1. The van der Waals surface area contributed by atoms with Crippen molar-refractivity contribution < 1.29 is 31.4 Å². The Kier molecular flexibility index (Phi) is 16.5. The molecule has 0 aromatic carbocycles. The van der Waals surface area contributed by atoms with Gasteiger partial charge in [-0.05, 0) is 68.2 Å². The minimum atomic E-state index is -3.44. The Morgan fingerprint density at radius 3 is 0.941 bits per heavy atom. The Balaban J connectivity index is 7.16. The Morgan fingerprint density at radius 1 is 0.529 bits per heavy atom. The van der Waals surface area contributed by atoms with E-state index in [1.807, 2.05) is 55.4 Å². The molecule has 0 spiro atoms. The Labute approximate surface area is 212 Å². The summed E-state index contributed by atoms with van der Waals surface area (Å²) < 4.78 is 38.1. The number of hydrogen-bond acceptors (Lipinski definition) is 7. The van der Waals surface area contributed by atoms with Crippen LogP contribution in [-0.2, 0) is 31.4 Å². The second-order valence-corrected chi connectivity index (χ2v) is 15.1. The van der Waals surface area contributed by atoms with Gasteiger partial charge in [-0.25, -0.2) is 0 Å². The van der Waals surface area contributed by atoms with Gasteiger partial charge in [0.1, 0.15) is 0 Å². The fourth-order valence-electron chi connectivity index (χ4n) is 4.83. The van der Waals surface area contributed by atoms with E-state index < -0.39 is 27.7 Å². The predicted molar refractivity (Wildman–Crippen MR) is 142 cm³/mol. The Morgan fingerprint density at radius 2 is 0.765 bits per heavy atom. The third-order valence-corrected chi connectivity index (χ3v) is 14.1. The lowest BCUT2D eigenvalue weighted by atomic mass is 9.86. The summed E-state index contributed by atoms with van der Waals surface area (Å²) in [5.41, 5.74) is 0. The molecule has 0 N–H and O–H groups in total. The maximum atomic E-state index is 15.0. The lowest BCUT2D eigenvalue weighted by Gasteiger charge is -2.49. The van der Waals surface area contributed by atoms with Gasteiger partial charge in [0.15, 0.2) is 5.78 Å². The molecular formula is C25H54O7Si2. The van der Waals surface area contributed by atoms with E-state index in [4.69, 9.17) is 26.6 Å². The van der Waals surface area contributed by atoms with Crippen molar-refractivity contribution in [1.82, 2.24) is 0 Å². The van der Waals surface area contributed by atoms with Gasteiger partial charge in [0.2, 0.25) is 0 Å². The van der Waals surface area contributed by atoms with Crippen molar-refractivity contribution in [3.05, 3.63) is 0 Å². The first-order valence-corrected chi connectivity index (χ1v) is 17.0. The van der Waals surface area contributed by atoms with E-state index in [1.165, 1.54) is 0 Å². The van der Waals surface area contributed by atoms with Crippen LogP contribution in [0, 0.1) is 0 Å². The zero-order valence-electron chi connectivity index (χ0n) is 23.8. The van der Waals surface area contributed by atoms with Gasteiger partial charge in [0.05, 0.1) is 10.1 Å². The summed E-state index contributed by atoms with van der Waals surface area (Å²) in [4.78, 5) is 15.0. The number of carbonyl (C=O) groups is 1. The molecule has 0 aromatic rings. The number of ketones is 1. The van der Waals surface area contributed by atoms with Crippen molar-refractivity contribution >= 4 is 23.4 Å². The van der Waals surface area contributed by atoms with E-state index in [1.54, 1.807) is 0 Å². The van der Waals surface area contributed by atoms with E-state index in [-0.39, 0.29) is 5.78 Å². The molecule has 0 aliphatic carbocycles. The molecule has 2 atom stereocenters. The maximum absolute atomic E-state index is 15.0. The summed E-state index contributed by atoms with van der Waals surface area (Å²) in [6.07, 6.45) is 4.86. The van der Waals surface area contributed by atoms with Gasteiger partial charge in [-0.1, -0.05) is 39.5 Å². The normalized spacial score (nSPS) is 16.3. The molecule has 0 fully saturated rings. The smallest absolute Gasteiger partial charge is 0.373 e. The summed E-state index contributed by atoms with van der Waals surface area (Å²) in [6, 6.07) is 0. The van der Waals surface area contributed by atoms with E-state index in [0.29, 0.717) is 52.5 Å². The molecule has 0 rings (SSSR count). The molecular weight excluding hydrogens is 468 g/mol. The third-order valence-electron chi connectivity index (χ3n) is 6.42. The average molecular weight is 523 g/mol. The van der Waals surface area contributed by atoms with Crippen molar-refractivity contribution in [1.29, 1.82) is 0 Å². The van der Waals surface area contributed by atoms with E-state index in [9.17, 15) is 0 Å². The summed E-state index contributed by atoms with van der Waals surface area (Å²) in [5, 5.41) is -1.92. The standard InChI is InChI=1S/C25H54O7Si2/c1-11-19-21-24(9,33(27-13-3,28-14-4)29-15-5)23(26)25(10,22-20-12-2)34(30-16-6,31-17-7)32-18-8/h11-22H2,1-10H3. The molecule has 0 amide bonds. The first kappa shape index (κ1) is 33.9. The van der Waals surface area contributed by atoms with Gasteiger partial charge < -0.3 is 26.6 Å². The van der Waals surface area contributed by atoms with Crippen molar-refractivity contribution in [3.8, 4) is 0 Å². The van der Waals surface area contributed by atoms with Crippen molar-refractivity contribution in [3.63, 3.8) is 0 Å². The summed E-state index contributed by atoms with van der Waals surface area (Å²) in [5.74, 6) is 0.0333. The Hall–Kier alpha value is -0.136. The molecule has 9 heteroatoms. The monoisotopic (exact) mass is 522 g/mol. The molecule has 0 bridgehead atoms. The first-order valence-electron chi connectivity index (χ1n) is 13.5. The highest BCUT2D eigenvalue weighted by Crippen LogP contribution is 2.57. The van der Waals surface area contributed by atoms with Crippen LogP contribution in [0.25, 0.3) is 0 Å². The predicted octanol–water partition coefficient (Wildman–Crippen LogP) is 6.55. The van der Waals surface area contributed by atoms with Crippen LogP contribution in [0.1, 0.15) is 108 Å². The van der Waals surface area contributed by atoms with E-state index in [2.05, 4.69) is 13.8 Å². The molecule has 0 saturated heterocycles. The molecule has 204 valence electrons. The molecule has 0 heterocycles. The van der Waals surface area contributed by atoms with Gasteiger partial charge in [-0.3, -0.25) is 4.79 Å². The summed E-state index contributed by atoms with van der Waals surface area (Å²) >= 11 is 0. The number of rotatable bonds is 22. The van der Waals surface area contributed by atoms with Gasteiger partial charge in [0, 0.05) is 39.6 Å². The van der Waals surface area contributed by atoms with Crippen LogP contribution in [0.2, 0.25) is 10.1 Å². The Bertz CT molecular complexity index is 483. The highest BCUT2D eigenvalue weighted by atomic mass is 28.4. The lowest BCUT2D eigenvalue weighted by Crippen LogP contribution is -2.65. The fraction of sp³-hybridized carbons (Fsp3) is 0.960. The zero-order chi connectivity index (χ0) is 26.3. The third kappa shape index (κ3) is 7.44. The molecule has 7 nitrogen and oxygen atoms in total. The maximum Gasteiger partial charge on any atom is 0.514 e. The highest BCUT2D eigenvalue weighted by Gasteiger charge is 2.71. The average Bonchev–Trinajstić information content (AvgIpc) is 2.81. The van der Waals surface area contributed by atoms with Crippen LogP contribution in [0.4, 0.5) is 0 Å². The minimum Gasteiger partial charge on any atom is -0.373 e. The molecule has 0 saturated carbocycles. The van der Waals surface area contributed by atoms with E-state index >= 15 is 4.79 Å². The quantitative estimate of drug-likeness (QED) is 0.149. The minimum absolute atomic E-state index is 0.0333. The van der Waals surface area contributed by atoms with Crippen LogP contribution in [0.3, 0.4) is 0 Å². The van der Waals surface area contributed by atoms with Gasteiger partial charge in [-0.2, -0.15) is 0 Å². The van der Waals surface area contributed by atoms with Gasteiger partial charge >= 0.3 is 17.6 Å². The largest absolute Gasteiger partial charge is 0.514 e. The molecule has 2 unspecified atom stereocenters.